The lowest BCUT2D eigenvalue weighted by Gasteiger charge is -2.34. The van der Waals surface area contributed by atoms with Crippen LogP contribution in [0.1, 0.15) is 29.9 Å². The van der Waals surface area contributed by atoms with Gasteiger partial charge in [-0.1, -0.05) is 0 Å². The third-order valence-corrected chi connectivity index (χ3v) is 5.54. The largest absolute Gasteiger partial charge is 0.383 e. The average Bonchev–Trinajstić information content (AvgIpc) is 3.14. The van der Waals surface area contributed by atoms with E-state index in [4.69, 9.17) is 9.47 Å². The highest BCUT2D eigenvalue weighted by molar-refractivity contribution is 7.14. The monoisotopic (exact) mass is 449 g/mol. The molecule has 0 bridgehead atoms. The number of nitro groups is 1. The molecule has 31 heavy (non-hydrogen) atoms. The Labute approximate surface area is 184 Å². The van der Waals surface area contributed by atoms with Gasteiger partial charge in [0.1, 0.15) is 5.69 Å². The molecule has 3 rings (SSSR count). The van der Waals surface area contributed by atoms with Crippen molar-refractivity contribution < 1.29 is 19.2 Å². The number of amides is 1. The molecule has 11 heteroatoms. The highest BCUT2D eigenvalue weighted by atomic mass is 32.1. The first-order valence-corrected chi connectivity index (χ1v) is 10.9. The molecule has 1 aliphatic heterocycles. The van der Waals surface area contributed by atoms with Crippen LogP contribution in [0, 0.1) is 10.1 Å². The number of nitro benzene ring substituents is 1. The number of anilines is 2. The molecule has 1 aromatic carbocycles. The zero-order valence-electron chi connectivity index (χ0n) is 17.8. The van der Waals surface area contributed by atoms with Gasteiger partial charge in [0.2, 0.25) is 0 Å². The van der Waals surface area contributed by atoms with E-state index < -0.39 is 10.8 Å². The Morgan fingerprint density at radius 3 is 2.81 bits per heavy atom. The van der Waals surface area contributed by atoms with Gasteiger partial charge < -0.3 is 14.8 Å². The average molecular weight is 450 g/mol. The molecule has 2 atom stereocenters. The molecule has 1 amide bonds. The molecule has 10 nitrogen and oxygen atoms in total. The zero-order valence-corrected chi connectivity index (χ0v) is 18.6. The van der Waals surface area contributed by atoms with E-state index in [0.29, 0.717) is 30.5 Å². The summed E-state index contributed by atoms with van der Waals surface area (Å²) in [5.41, 5.74) is 1.23. The molecule has 0 saturated carbocycles. The highest BCUT2D eigenvalue weighted by Crippen LogP contribution is 2.26. The predicted molar refractivity (Wildman–Crippen MR) is 119 cm³/mol. The van der Waals surface area contributed by atoms with Gasteiger partial charge >= 0.3 is 0 Å². The van der Waals surface area contributed by atoms with Crippen molar-refractivity contribution in [1.82, 2.24) is 9.88 Å². The predicted octanol–water partition coefficient (Wildman–Crippen LogP) is 2.97. The van der Waals surface area contributed by atoms with E-state index in [9.17, 15) is 14.9 Å². The van der Waals surface area contributed by atoms with E-state index >= 15 is 0 Å². The maximum absolute atomic E-state index is 12.6. The molecule has 2 N–H and O–H groups in total. The van der Waals surface area contributed by atoms with Crippen LogP contribution in [0.5, 0.6) is 0 Å². The Morgan fingerprint density at radius 1 is 1.39 bits per heavy atom. The van der Waals surface area contributed by atoms with E-state index in [2.05, 4.69) is 20.5 Å². The van der Waals surface area contributed by atoms with Crippen LogP contribution >= 0.6 is 11.3 Å². The standard InChI is InChI=1S/C20H27N5O5S/c1-13-9-24(10-14(2)30-13)11-16-12-31-20(22-16)23-19(26)15-4-5-17(21-6-7-29-3)18(8-15)25(27)28/h4-5,8,12-14,21H,6-7,9-11H2,1-3H3,(H,22,23,26). The third kappa shape index (κ3) is 6.44. The molecule has 1 aliphatic rings. The van der Waals surface area contributed by atoms with E-state index in [1.54, 1.807) is 13.2 Å². The van der Waals surface area contributed by atoms with E-state index in [-0.39, 0.29) is 23.5 Å². The van der Waals surface area contributed by atoms with Crippen molar-refractivity contribution in [3.8, 4) is 0 Å². The lowest BCUT2D eigenvalue weighted by molar-refractivity contribution is -0.384. The van der Waals surface area contributed by atoms with Gasteiger partial charge in [-0.3, -0.25) is 25.1 Å². The molecular weight excluding hydrogens is 422 g/mol. The van der Waals surface area contributed by atoms with Crippen LogP contribution in [0.15, 0.2) is 23.6 Å². The second kappa shape index (κ2) is 10.6. The molecule has 168 valence electrons. The summed E-state index contributed by atoms with van der Waals surface area (Å²) < 4.78 is 10.7. The zero-order chi connectivity index (χ0) is 22.4. The number of aromatic nitrogens is 1. The van der Waals surface area contributed by atoms with Crippen LogP contribution < -0.4 is 10.6 Å². The minimum absolute atomic E-state index is 0.167. The number of ether oxygens (including phenoxy) is 2. The smallest absolute Gasteiger partial charge is 0.293 e. The summed E-state index contributed by atoms with van der Waals surface area (Å²) >= 11 is 1.33. The number of hydrogen-bond acceptors (Lipinski definition) is 9. The summed E-state index contributed by atoms with van der Waals surface area (Å²) in [4.78, 5) is 30.3. The van der Waals surface area contributed by atoms with Gasteiger partial charge in [-0.25, -0.2) is 4.98 Å². The van der Waals surface area contributed by atoms with Gasteiger partial charge in [0.15, 0.2) is 5.13 Å². The van der Waals surface area contributed by atoms with E-state index in [1.807, 2.05) is 19.2 Å². The van der Waals surface area contributed by atoms with Crippen LogP contribution in [-0.2, 0) is 16.0 Å². The second-order valence-corrected chi connectivity index (χ2v) is 8.32. The number of morpholine rings is 1. The lowest BCUT2D eigenvalue weighted by atomic mass is 10.1. The number of carbonyl (C=O) groups is 1. The van der Waals surface area contributed by atoms with Gasteiger partial charge in [-0.2, -0.15) is 0 Å². The molecular formula is C20H27N5O5S. The maximum Gasteiger partial charge on any atom is 0.293 e. The number of thiazole rings is 1. The van der Waals surface area contributed by atoms with Crippen molar-refractivity contribution in [1.29, 1.82) is 0 Å². The number of rotatable bonds is 9. The Kier molecular flexibility index (Phi) is 7.91. The minimum atomic E-state index is -0.516. The Morgan fingerprint density at radius 2 is 2.13 bits per heavy atom. The normalized spacial score (nSPS) is 19.2. The fourth-order valence-electron chi connectivity index (χ4n) is 3.51. The first-order valence-electron chi connectivity index (χ1n) is 10.0. The molecule has 2 aromatic rings. The first kappa shape index (κ1) is 23.1. The summed E-state index contributed by atoms with van der Waals surface area (Å²) in [6.45, 7) is 7.27. The van der Waals surface area contributed by atoms with Crippen LogP contribution in [0.4, 0.5) is 16.5 Å². The summed E-state index contributed by atoms with van der Waals surface area (Å²) in [5, 5.41) is 19.4. The van der Waals surface area contributed by atoms with Gasteiger partial charge in [0.25, 0.3) is 11.6 Å². The van der Waals surface area contributed by atoms with Crippen LogP contribution in [0.2, 0.25) is 0 Å². The molecule has 2 heterocycles. The third-order valence-electron chi connectivity index (χ3n) is 4.73. The molecule has 1 fully saturated rings. The van der Waals surface area contributed by atoms with Gasteiger partial charge in [-0.05, 0) is 26.0 Å². The summed E-state index contributed by atoms with van der Waals surface area (Å²) in [7, 11) is 1.55. The topological polar surface area (TPSA) is 119 Å². The molecule has 0 aliphatic carbocycles. The van der Waals surface area contributed by atoms with Crippen LogP contribution in [0.25, 0.3) is 0 Å². The summed E-state index contributed by atoms with van der Waals surface area (Å²) in [5.74, 6) is -0.443. The van der Waals surface area contributed by atoms with E-state index in [0.717, 1.165) is 18.8 Å². The van der Waals surface area contributed by atoms with Gasteiger partial charge in [0, 0.05) is 50.3 Å². The Balaban J connectivity index is 1.63. The fourth-order valence-corrected chi connectivity index (χ4v) is 4.21. The van der Waals surface area contributed by atoms with Crippen LogP contribution in [0.3, 0.4) is 0 Å². The van der Waals surface area contributed by atoms with Gasteiger partial charge in [-0.15, -0.1) is 11.3 Å². The fraction of sp³-hybridized carbons (Fsp3) is 0.500. The highest BCUT2D eigenvalue weighted by Gasteiger charge is 2.23. The second-order valence-electron chi connectivity index (χ2n) is 7.46. The molecule has 0 radical (unpaired) electrons. The van der Waals surface area contributed by atoms with Crippen molar-refractivity contribution >= 4 is 33.8 Å². The lowest BCUT2D eigenvalue weighted by Crippen LogP contribution is -2.44. The maximum atomic E-state index is 12.6. The number of hydrogen-bond donors (Lipinski definition) is 2. The van der Waals surface area contributed by atoms with Crippen molar-refractivity contribution in [3.05, 3.63) is 45.0 Å². The van der Waals surface area contributed by atoms with Crippen LogP contribution in [-0.4, -0.2) is 66.3 Å². The Hall–Kier alpha value is -2.60. The Bertz CT molecular complexity index is 911. The molecule has 0 spiro atoms. The van der Waals surface area contributed by atoms with E-state index in [1.165, 1.54) is 23.5 Å². The SMILES string of the molecule is COCCNc1ccc(C(=O)Nc2nc(CN3CC(C)OC(C)C3)cs2)cc1[N+](=O)[O-]. The first-order chi connectivity index (χ1) is 14.9. The minimum Gasteiger partial charge on any atom is -0.383 e. The van der Waals surface area contributed by atoms with Crippen molar-refractivity contribution in [2.45, 2.75) is 32.6 Å². The molecule has 2 unspecified atom stereocenters. The molecule has 1 aromatic heterocycles. The number of nitrogens with one attached hydrogen (secondary N) is 2. The van der Waals surface area contributed by atoms with Crippen molar-refractivity contribution in [3.63, 3.8) is 0 Å². The van der Waals surface area contributed by atoms with Crippen molar-refractivity contribution in [2.75, 3.05) is 44.0 Å². The summed E-state index contributed by atoms with van der Waals surface area (Å²) in [6, 6.07) is 4.33. The molecule has 1 saturated heterocycles. The number of carbonyl (C=O) groups excluding carboxylic acids is 1. The van der Waals surface area contributed by atoms with Gasteiger partial charge in [0.05, 0.1) is 29.4 Å². The number of benzene rings is 1. The van der Waals surface area contributed by atoms with Crippen molar-refractivity contribution in [2.24, 2.45) is 0 Å². The quantitative estimate of drug-likeness (QED) is 0.341. The summed E-state index contributed by atoms with van der Waals surface area (Å²) in [6.07, 6.45) is 0.341. The number of methoxy groups -OCH3 is 1. The number of nitrogens with zero attached hydrogens (tertiary/aromatic N) is 3.